The van der Waals surface area contributed by atoms with E-state index in [1.54, 1.807) is 0 Å². The van der Waals surface area contributed by atoms with Gasteiger partial charge in [-0.1, -0.05) is 37.6 Å². The Bertz CT molecular complexity index is 622. The number of aryl methyl sites for hydroxylation is 2. The van der Waals surface area contributed by atoms with Gasteiger partial charge in [-0.05, 0) is 38.3 Å². The Kier molecular flexibility index (Phi) is 4.30. The second-order valence-corrected chi connectivity index (χ2v) is 5.77. The molecule has 0 saturated heterocycles. The molecule has 0 radical (unpaired) electrons. The highest BCUT2D eigenvalue weighted by molar-refractivity contribution is 5.59. The molecule has 110 valence electrons. The van der Waals surface area contributed by atoms with E-state index in [0.717, 1.165) is 24.4 Å². The molecule has 3 heteroatoms. The van der Waals surface area contributed by atoms with E-state index in [2.05, 4.69) is 48.4 Å². The van der Waals surface area contributed by atoms with Gasteiger partial charge < -0.3 is 5.32 Å². The van der Waals surface area contributed by atoms with Gasteiger partial charge in [0.05, 0.1) is 0 Å². The molecule has 0 bridgehead atoms. The molecule has 1 aromatic heterocycles. The predicted octanol–water partition coefficient (Wildman–Crippen LogP) is 3.83. The van der Waals surface area contributed by atoms with E-state index in [-0.39, 0.29) is 0 Å². The van der Waals surface area contributed by atoms with Crippen LogP contribution in [-0.4, -0.2) is 16.5 Å². The summed E-state index contributed by atoms with van der Waals surface area (Å²) in [5.74, 6) is 0.865. The van der Waals surface area contributed by atoms with E-state index in [1.807, 2.05) is 6.20 Å². The first-order chi connectivity index (χ1) is 10.3. The Balaban J connectivity index is 2.01. The molecular weight excluding hydrogens is 258 g/mol. The summed E-state index contributed by atoms with van der Waals surface area (Å²) >= 11 is 0. The van der Waals surface area contributed by atoms with Crippen LogP contribution in [0.1, 0.15) is 49.0 Å². The van der Waals surface area contributed by atoms with Gasteiger partial charge in [0.15, 0.2) is 5.82 Å². The lowest BCUT2D eigenvalue weighted by molar-refractivity contribution is 0.502. The topological polar surface area (TPSA) is 37.8 Å². The molecule has 1 aromatic carbocycles. The third-order valence-electron chi connectivity index (χ3n) is 4.27. The molecule has 1 N–H and O–H groups in total. The summed E-state index contributed by atoms with van der Waals surface area (Å²) in [7, 11) is 0. The van der Waals surface area contributed by atoms with Gasteiger partial charge in [-0.15, -0.1) is 0 Å². The maximum atomic E-state index is 4.89. The van der Waals surface area contributed by atoms with Crippen LogP contribution in [0.3, 0.4) is 0 Å². The average molecular weight is 281 g/mol. The van der Waals surface area contributed by atoms with Crippen LogP contribution in [0.4, 0.5) is 0 Å². The highest BCUT2D eigenvalue weighted by Crippen LogP contribution is 2.29. The van der Waals surface area contributed by atoms with Gasteiger partial charge >= 0.3 is 0 Å². The number of aromatic nitrogens is 2. The molecule has 3 nitrogen and oxygen atoms in total. The molecule has 0 amide bonds. The van der Waals surface area contributed by atoms with Gasteiger partial charge in [-0.25, -0.2) is 9.97 Å². The summed E-state index contributed by atoms with van der Waals surface area (Å²) < 4.78 is 0. The minimum atomic E-state index is 0.415. The minimum absolute atomic E-state index is 0.415. The molecule has 0 fully saturated rings. The largest absolute Gasteiger partial charge is 0.310 e. The molecule has 1 aliphatic carbocycles. The second-order valence-electron chi connectivity index (χ2n) is 5.77. The van der Waals surface area contributed by atoms with E-state index in [9.17, 15) is 0 Å². The van der Waals surface area contributed by atoms with Crippen molar-refractivity contribution in [1.82, 2.24) is 15.3 Å². The van der Waals surface area contributed by atoms with E-state index >= 15 is 0 Å². The Morgan fingerprint density at radius 2 is 2.10 bits per heavy atom. The first-order valence-corrected chi connectivity index (χ1v) is 7.94. The van der Waals surface area contributed by atoms with Crippen LogP contribution in [0.5, 0.6) is 0 Å². The van der Waals surface area contributed by atoms with Crippen LogP contribution in [0.25, 0.3) is 11.4 Å². The van der Waals surface area contributed by atoms with E-state index < -0.39 is 0 Å². The van der Waals surface area contributed by atoms with Crippen molar-refractivity contribution >= 4 is 0 Å². The van der Waals surface area contributed by atoms with Crippen LogP contribution in [0.2, 0.25) is 0 Å². The van der Waals surface area contributed by atoms with Gasteiger partial charge in [0, 0.05) is 29.1 Å². The molecule has 1 aliphatic rings. The molecule has 1 unspecified atom stereocenters. The maximum absolute atomic E-state index is 4.89. The molecule has 0 aliphatic heterocycles. The third-order valence-corrected chi connectivity index (χ3v) is 4.27. The van der Waals surface area contributed by atoms with Crippen molar-refractivity contribution in [2.24, 2.45) is 0 Å². The van der Waals surface area contributed by atoms with E-state index in [1.165, 1.54) is 36.1 Å². The predicted molar refractivity (Wildman–Crippen MR) is 86.2 cm³/mol. The molecule has 0 spiro atoms. The molecule has 1 atom stereocenters. The number of nitrogens with zero attached hydrogens (tertiary/aromatic N) is 2. The Morgan fingerprint density at radius 1 is 1.24 bits per heavy atom. The summed E-state index contributed by atoms with van der Waals surface area (Å²) in [5.41, 5.74) is 4.90. The molecule has 21 heavy (non-hydrogen) atoms. The lowest BCUT2D eigenvalue weighted by atomic mass is 10.0. The quantitative estimate of drug-likeness (QED) is 0.869. The van der Waals surface area contributed by atoms with Gasteiger partial charge in [0.25, 0.3) is 0 Å². The van der Waals surface area contributed by atoms with Gasteiger partial charge in [-0.2, -0.15) is 0 Å². The molecule has 3 rings (SSSR count). The SMILES string of the molecule is CCNC1CCCCc2nc(-c3ccccc3C)ncc21. The Labute approximate surface area is 126 Å². The van der Waals surface area contributed by atoms with Crippen molar-refractivity contribution in [3.63, 3.8) is 0 Å². The standard InChI is InChI=1S/C18H23N3/c1-3-19-16-10-6-7-11-17-15(16)12-20-18(21-17)14-9-5-4-8-13(14)2/h4-5,8-9,12,16,19H,3,6-7,10-11H2,1-2H3. The van der Waals surface area contributed by atoms with Crippen LogP contribution in [-0.2, 0) is 6.42 Å². The third kappa shape index (κ3) is 2.98. The maximum Gasteiger partial charge on any atom is 0.159 e. The number of nitrogens with one attached hydrogen (secondary N) is 1. The van der Waals surface area contributed by atoms with Crippen LogP contribution in [0.15, 0.2) is 30.5 Å². The first-order valence-electron chi connectivity index (χ1n) is 7.94. The zero-order valence-electron chi connectivity index (χ0n) is 12.9. The molecule has 0 saturated carbocycles. The smallest absolute Gasteiger partial charge is 0.159 e. The number of hydrogen-bond acceptors (Lipinski definition) is 3. The van der Waals surface area contributed by atoms with Gasteiger partial charge in [-0.3, -0.25) is 0 Å². The minimum Gasteiger partial charge on any atom is -0.310 e. The fraction of sp³-hybridized carbons (Fsp3) is 0.444. The highest BCUT2D eigenvalue weighted by Gasteiger charge is 2.20. The lowest BCUT2D eigenvalue weighted by Crippen LogP contribution is -2.21. The van der Waals surface area contributed by atoms with Crippen LogP contribution in [0, 0.1) is 6.92 Å². The molecule has 1 heterocycles. The molecular formula is C18H23N3. The number of rotatable bonds is 3. The zero-order chi connectivity index (χ0) is 14.7. The van der Waals surface area contributed by atoms with Crippen molar-refractivity contribution in [3.8, 4) is 11.4 Å². The number of fused-ring (bicyclic) bond motifs is 1. The van der Waals surface area contributed by atoms with Crippen molar-refractivity contribution < 1.29 is 0 Å². The Hall–Kier alpha value is -1.74. The van der Waals surface area contributed by atoms with Crippen LogP contribution >= 0.6 is 0 Å². The number of hydrogen-bond donors (Lipinski definition) is 1. The van der Waals surface area contributed by atoms with Gasteiger partial charge in [0.2, 0.25) is 0 Å². The molecule has 2 aromatic rings. The summed E-state index contributed by atoms with van der Waals surface area (Å²) in [6, 6.07) is 8.75. The monoisotopic (exact) mass is 281 g/mol. The second kappa shape index (κ2) is 6.35. The lowest BCUT2D eigenvalue weighted by Gasteiger charge is -2.18. The fourth-order valence-electron chi connectivity index (χ4n) is 3.13. The summed E-state index contributed by atoms with van der Waals surface area (Å²) in [6.45, 7) is 5.27. The van der Waals surface area contributed by atoms with Gasteiger partial charge in [0.1, 0.15) is 0 Å². The normalized spacial score (nSPS) is 18.1. The zero-order valence-corrected chi connectivity index (χ0v) is 12.9. The van der Waals surface area contributed by atoms with Crippen molar-refractivity contribution in [2.75, 3.05) is 6.54 Å². The Morgan fingerprint density at radius 3 is 2.90 bits per heavy atom. The highest BCUT2D eigenvalue weighted by atomic mass is 14.9. The summed E-state index contributed by atoms with van der Waals surface area (Å²) in [6.07, 6.45) is 6.78. The first kappa shape index (κ1) is 14.2. The number of benzene rings is 1. The van der Waals surface area contributed by atoms with Crippen LogP contribution < -0.4 is 5.32 Å². The van der Waals surface area contributed by atoms with Crippen molar-refractivity contribution in [2.45, 2.75) is 45.6 Å². The van der Waals surface area contributed by atoms with Crippen molar-refractivity contribution in [1.29, 1.82) is 0 Å². The summed E-state index contributed by atoms with van der Waals surface area (Å²) in [5, 5.41) is 3.57. The van der Waals surface area contributed by atoms with E-state index in [4.69, 9.17) is 4.98 Å². The average Bonchev–Trinajstić information content (AvgIpc) is 2.70. The van der Waals surface area contributed by atoms with Crippen molar-refractivity contribution in [3.05, 3.63) is 47.3 Å². The fourth-order valence-corrected chi connectivity index (χ4v) is 3.13. The van der Waals surface area contributed by atoms with E-state index in [0.29, 0.717) is 6.04 Å². The summed E-state index contributed by atoms with van der Waals surface area (Å²) in [4.78, 5) is 9.53.